The van der Waals surface area contributed by atoms with E-state index in [-0.39, 0.29) is 11.9 Å². The zero-order valence-corrected chi connectivity index (χ0v) is 5.77. The summed E-state index contributed by atoms with van der Waals surface area (Å²) in [5.74, 6) is 0.798. The van der Waals surface area contributed by atoms with Crippen molar-refractivity contribution in [2.24, 2.45) is 0 Å². The summed E-state index contributed by atoms with van der Waals surface area (Å²) in [7, 11) is 0. The molecule has 0 aromatic carbocycles. The Labute approximate surface area is 62.6 Å². The molecule has 6 heteroatoms. The zero-order valence-electron chi connectivity index (χ0n) is 5.77. The minimum Gasteiger partial charge on any atom is -0.389 e. The van der Waals surface area contributed by atoms with Gasteiger partial charge in [-0.3, -0.25) is 0 Å². The average molecular weight is 156 g/mol. The van der Waals surface area contributed by atoms with Gasteiger partial charge in [-0.2, -0.15) is 0 Å². The predicted octanol–water partition coefficient (Wildman–Crippen LogP) is -1.17. The molecule has 2 rings (SSSR count). The minimum atomic E-state index is -0.272. The molecule has 1 fully saturated rings. The van der Waals surface area contributed by atoms with E-state index in [4.69, 9.17) is 10.8 Å². The Morgan fingerprint density at radius 2 is 2.27 bits per heavy atom. The fraction of sp³-hybridized carbons (Fsp3) is 0.600. The molecule has 6 nitrogen and oxygen atoms in total. The number of nitrogen functional groups attached to an aromatic ring is 1. The lowest BCUT2D eigenvalue weighted by atomic mass is 10.2. The Bertz CT molecular complexity index is 255. The highest BCUT2D eigenvalue weighted by molar-refractivity contribution is 5.57. The van der Waals surface area contributed by atoms with Crippen LogP contribution in [0.25, 0.3) is 0 Å². The fourth-order valence-corrected chi connectivity index (χ4v) is 1.04. The third-order valence-corrected chi connectivity index (χ3v) is 1.66. The number of nitrogens with two attached hydrogens (primary N) is 1. The molecule has 0 bridgehead atoms. The van der Waals surface area contributed by atoms with Crippen LogP contribution in [0.4, 0.5) is 11.6 Å². The molecule has 1 aliphatic heterocycles. The van der Waals surface area contributed by atoms with Crippen LogP contribution in [-0.4, -0.2) is 34.6 Å². The highest BCUT2D eigenvalue weighted by Crippen LogP contribution is 2.22. The fourth-order valence-electron chi connectivity index (χ4n) is 1.04. The van der Waals surface area contributed by atoms with Gasteiger partial charge in [-0.15, -0.1) is 0 Å². The molecule has 0 radical (unpaired) electrons. The number of aliphatic hydroxyl groups is 1. The lowest BCUT2D eigenvalue weighted by Crippen LogP contribution is -2.51. The monoisotopic (exact) mass is 156 g/mol. The first-order valence-corrected chi connectivity index (χ1v) is 3.28. The Morgan fingerprint density at radius 1 is 1.55 bits per heavy atom. The van der Waals surface area contributed by atoms with Gasteiger partial charge in [-0.25, -0.2) is 4.63 Å². The Hall–Kier alpha value is -1.30. The molecule has 0 spiro atoms. The highest BCUT2D eigenvalue weighted by atomic mass is 16.6. The molecule has 2 heterocycles. The third kappa shape index (κ3) is 0.911. The summed E-state index contributed by atoms with van der Waals surface area (Å²) in [6, 6.07) is 0. The van der Waals surface area contributed by atoms with Gasteiger partial charge < -0.3 is 15.7 Å². The maximum atomic E-state index is 8.95. The van der Waals surface area contributed by atoms with Gasteiger partial charge in [0.05, 0.1) is 6.10 Å². The number of β-amino-alcohol motifs (C(OH)–C–C–N with tert-alkyl or cyclic N) is 1. The van der Waals surface area contributed by atoms with Gasteiger partial charge in [0, 0.05) is 13.1 Å². The number of nitrogens with zero attached hydrogens (tertiary/aromatic N) is 3. The second kappa shape index (κ2) is 2.09. The third-order valence-electron chi connectivity index (χ3n) is 1.66. The first-order chi connectivity index (χ1) is 5.27. The van der Waals surface area contributed by atoms with Crippen molar-refractivity contribution in [2.75, 3.05) is 23.7 Å². The van der Waals surface area contributed by atoms with Crippen molar-refractivity contribution in [1.29, 1.82) is 0 Å². The molecule has 1 saturated heterocycles. The SMILES string of the molecule is Nc1nonc1N1CC(O)C1. The normalized spacial score (nSPS) is 18.5. The second-order valence-electron chi connectivity index (χ2n) is 2.53. The maximum Gasteiger partial charge on any atom is 0.217 e. The summed E-state index contributed by atoms with van der Waals surface area (Å²) < 4.78 is 4.39. The number of hydrogen-bond donors (Lipinski definition) is 2. The standard InChI is InChI=1S/C5H8N4O2/c6-4-5(8-11-7-4)9-1-3(10)2-9/h3,10H,1-2H2,(H2,6,7). The molecule has 1 aliphatic rings. The van der Waals surface area contributed by atoms with Crippen molar-refractivity contribution in [1.82, 2.24) is 10.3 Å². The van der Waals surface area contributed by atoms with Gasteiger partial charge in [0.2, 0.25) is 11.6 Å². The van der Waals surface area contributed by atoms with Crippen molar-refractivity contribution in [3.05, 3.63) is 0 Å². The van der Waals surface area contributed by atoms with Crippen LogP contribution in [0.5, 0.6) is 0 Å². The van der Waals surface area contributed by atoms with Crippen LogP contribution in [0.15, 0.2) is 4.63 Å². The van der Waals surface area contributed by atoms with Gasteiger partial charge in [0.1, 0.15) is 0 Å². The van der Waals surface area contributed by atoms with E-state index in [0.29, 0.717) is 18.9 Å². The summed E-state index contributed by atoms with van der Waals surface area (Å²) in [4.78, 5) is 1.80. The number of aliphatic hydroxyl groups excluding tert-OH is 1. The van der Waals surface area contributed by atoms with Crippen molar-refractivity contribution < 1.29 is 9.74 Å². The minimum absolute atomic E-state index is 0.272. The zero-order chi connectivity index (χ0) is 7.84. The average Bonchev–Trinajstić information content (AvgIpc) is 2.29. The molecule has 60 valence electrons. The van der Waals surface area contributed by atoms with E-state index < -0.39 is 0 Å². The molecule has 3 N–H and O–H groups in total. The number of aromatic nitrogens is 2. The number of hydrogen-bond acceptors (Lipinski definition) is 6. The Kier molecular flexibility index (Phi) is 1.22. The van der Waals surface area contributed by atoms with E-state index >= 15 is 0 Å². The van der Waals surface area contributed by atoms with Gasteiger partial charge in [0.15, 0.2) is 0 Å². The maximum absolute atomic E-state index is 8.95. The van der Waals surface area contributed by atoms with Crippen molar-refractivity contribution in [2.45, 2.75) is 6.10 Å². The number of anilines is 2. The molecule has 0 saturated carbocycles. The van der Waals surface area contributed by atoms with E-state index in [1.54, 1.807) is 4.90 Å². The lowest BCUT2D eigenvalue weighted by Gasteiger charge is -2.35. The molecular formula is C5H8N4O2. The van der Waals surface area contributed by atoms with E-state index in [2.05, 4.69) is 14.9 Å². The van der Waals surface area contributed by atoms with Gasteiger partial charge >= 0.3 is 0 Å². The largest absolute Gasteiger partial charge is 0.389 e. The van der Waals surface area contributed by atoms with Crippen LogP contribution >= 0.6 is 0 Å². The summed E-state index contributed by atoms with van der Waals surface area (Å²) in [5.41, 5.74) is 5.41. The van der Waals surface area contributed by atoms with Crippen molar-refractivity contribution in [3.8, 4) is 0 Å². The molecule has 0 atom stereocenters. The van der Waals surface area contributed by atoms with Crippen LogP contribution in [0.3, 0.4) is 0 Å². The van der Waals surface area contributed by atoms with Gasteiger partial charge in [-0.05, 0) is 10.3 Å². The highest BCUT2D eigenvalue weighted by Gasteiger charge is 2.28. The van der Waals surface area contributed by atoms with Crippen molar-refractivity contribution in [3.63, 3.8) is 0 Å². The number of rotatable bonds is 1. The lowest BCUT2D eigenvalue weighted by molar-refractivity contribution is 0.140. The summed E-state index contributed by atoms with van der Waals surface area (Å²) in [5, 5.41) is 15.9. The van der Waals surface area contributed by atoms with Crippen LogP contribution in [0, 0.1) is 0 Å². The van der Waals surface area contributed by atoms with Crippen LogP contribution in [0.1, 0.15) is 0 Å². The summed E-state index contributed by atoms with van der Waals surface area (Å²) in [6.07, 6.45) is -0.272. The topological polar surface area (TPSA) is 88.4 Å². The van der Waals surface area contributed by atoms with E-state index in [1.165, 1.54) is 0 Å². The second-order valence-corrected chi connectivity index (χ2v) is 2.53. The summed E-state index contributed by atoms with van der Waals surface area (Å²) >= 11 is 0. The van der Waals surface area contributed by atoms with Gasteiger partial charge in [0.25, 0.3) is 0 Å². The Balaban J connectivity index is 2.12. The van der Waals surface area contributed by atoms with Crippen LogP contribution in [0.2, 0.25) is 0 Å². The molecule has 1 aromatic heterocycles. The molecule has 0 aliphatic carbocycles. The smallest absolute Gasteiger partial charge is 0.217 e. The first kappa shape index (κ1) is 6.41. The molecule has 11 heavy (non-hydrogen) atoms. The van der Waals surface area contributed by atoms with Crippen LogP contribution < -0.4 is 10.6 Å². The van der Waals surface area contributed by atoms with E-state index in [1.807, 2.05) is 0 Å². The Morgan fingerprint density at radius 3 is 2.73 bits per heavy atom. The quantitative estimate of drug-likeness (QED) is 0.532. The van der Waals surface area contributed by atoms with Gasteiger partial charge in [-0.1, -0.05) is 0 Å². The first-order valence-electron chi connectivity index (χ1n) is 3.28. The van der Waals surface area contributed by atoms with Crippen molar-refractivity contribution >= 4 is 11.6 Å². The van der Waals surface area contributed by atoms with E-state index in [9.17, 15) is 0 Å². The van der Waals surface area contributed by atoms with Crippen LogP contribution in [-0.2, 0) is 0 Å². The molecule has 1 aromatic rings. The van der Waals surface area contributed by atoms with E-state index in [0.717, 1.165) is 0 Å². The molecule has 0 unspecified atom stereocenters. The summed E-state index contributed by atoms with van der Waals surface area (Å²) in [6.45, 7) is 1.11. The molecular weight excluding hydrogens is 148 g/mol. The predicted molar refractivity (Wildman–Crippen MR) is 36.9 cm³/mol. The molecule has 0 amide bonds.